The van der Waals surface area contributed by atoms with Crippen LogP contribution < -0.4 is 16.6 Å². The van der Waals surface area contributed by atoms with Crippen LogP contribution >= 0.6 is 0 Å². The third-order valence-electron chi connectivity index (χ3n) is 3.48. The third kappa shape index (κ3) is 2.27. The Hall–Kier alpha value is -1.29. The summed E-state index contributed by atoms with van der Waals surface area (Å²) in [5.74, 6) is 6.93. The number of pyridine rings is 1. The van der Waals surface area contributed by atoms with Gasteiger partial charge in [0.2, 0.25) is 0 Å². The fraction of sp³-hybridized carbons (Fsp3) is 0.583. The van der Waals surface area contributed by atoms with Gasteiger partial charge in [-0.25, -0.2) is 10.8 Å². The summed E-state index contributed by atoms with van der Waals surface area (Å²) in [6.45, 7) is 4.62. The Balaban J connectivity index is 2.08. The summed E-state index contributed by atoms with van der Waals surface area (Å²) in [6, 6.07) is 6.29. The van der Waals surface area contributed by atoms with Gasteiger partial charge >= 0.3 is 0 Å². The van der Waals surface area contributed by atoms with Crippen LogP contribution in [0.3, 0.4) is 0 Å². The van der Waals surface area contributed by atoms with Crippen LogP contribution in [0.4, 0.5) is 11.6 Å². The highest BCUT2D eigenvalue weighted by Gasteiger charge is 2.34. The van der Waals surface area contributed by atoms with Gasteiger partial charge in [0, 0.05) is 6.04 Å². The maximum absolute atomic E-state index is 5.34. The van der Waals surface area contributed by atoms with E-state index in [0.717, 1.165) is 5.82 Å². The van der Waals surface area contributed by atoms with Gasteiger partial charge in [-0.2, -0.15) is 0 Å². The van der Waals surface area contributed by atoms with E-state index in [4.69, 9.17) is 5.84 Å². The average Bonchev–Trinajstić information content (AvgIpc) is 2.59. The maximum Gasteiger partial charge on any atom is 0.142 e. The van der Waals surface area contributed by atoms with E-state index in [1.165, 1.54) is 19.3 Å². The van der Waals surface area contributed by atoms with Gasteiger partial charge in [0.15, 0.2) is 0 Å². The molecule has 4 N–H and O–H groups in total. The fourth-order valence-electron chi connectivity index (χ4n) is 2.37. The Bertz CT molecular complexity index is 362. The Morgan fingerprint density at radius 3 is 2.75 bits per heavy atom. The first-order valence-corrected chi connectivity index (χ1v) is 5.82. The van der Waals surface area contributed by atoms with Crippen LogP contribution in [-0.2, 0) is 0 Å². The van der Waals surface area contributed by atoms with Crippen LogP contribution in [0.15, 0.2) is 18.2 Å². The van der Waals surface area contributed by atoms with Crippen molar-refractivity contribution in [2.24, 2.45) is 11.3 Å². The molecule has 1 unspecified atom stereocenters. The molecule has 1 aliphatic carbocycles. The highest BCUT2D eigenvalue weighted by atomic mass is 15.3. The molecule has 0 aliphatic heterocycles. The highest BCUT2D eigenvalue weighted by Crippen LogP contribution is 2.38. The van der Waals surface area contributed by atoms with Crippen molar-refractivity contribution in [2.45, 2.75) is 39.2 Å². The predicted octanol–water partition coefficient (Wildman–Crippen LogP) is 2.36. The molecule has 16 heavy (non-hydrogen) atoms. The zero-order valence-corrected chi connectivity index (χ0v) is 9.96. The first-order valence-electron chi connectivity index (χ1n) is 5.82. The normalized spacial score (nSPS) is 23.1. The van der Waals surface area contributed by atoms with E-state index in [9.17, 15) is 0 Å². The summed E-state index contributed by atoms with van der Waals surface area (Å²) in [6.07, 6.45) is 3.79. The van der Waals surface area contributed by atoms with E-state index in [1.807, 2.05) is 18.2 Å². The molecule has 4 heteroatoms. The summed E-state index contributed by atoms with van der Waals surface area (Å²) in [5.41, 5.74) is 2.92. The van der Waals surface area contributed by atoms with Gasteiger partial charge in [-0.15, -0.1) is 0 Å². The molecule has 88 valence electrons. The molecule has 0 bridgehead atoms. The molecule has 1 aromatic rings. The average molecular weight is 220 g/mol. The Kier molecular flexibility index (Phi) is 3.01. The van der Waals surface area contributed by atoms with Crippen molar-refractivity contribution in [3.63, 3.8) is 0 Å². The Morgan fingerprint density at radius 2 is 2.12 bits per heavy atom. The molecule has 0 aromatic carbocycles. The van der Waals surface area contributed by atoms with Crippen molar-refractivity contribution in [3.05, 3.63) is 18.2 Å². The Morgan fingerprint density at radius 1 is 1.38 bits per heavy atom. The molecule has 1 aromatic heterocycles. The Labute approximate surface area is 96.6 Å². The predicted molar refractivity (Wildman–Crippen MR) is 67.1 cm³/mol. The number of hydrazine groups is 1. The van der Waals surface area contributed by atoms with Gasteiger partial charge in [-0.1, -0.05) is 26.3 Å². The quantitative estimate of drug-likeness (QED) is 0.540. The number of anilines is 2. The van der Waals surface area contributed by atoms with Crippen molar-refractivity contribution in [1.82, 2.24) is 4.98 Å². The number of nitrogen functional groups attached to an aromatic ring is 1. The van der Waals surface area contributed by atoms with Crippen LogP contribution in [0.5, 0.6) is 0 Å². The molecule has 1 saturated carbocycles. The topological polar surface area (TPSA) is 63.0 Å². The summed E-state index contributed by atoms with van der Waals surface area (Å²) in [4.78, 5) is 4.37. The van der Waals surface area contributed by atoms with Gasteiger partial charge in [0.25, 0.3) is 0 Å². The van der Waals surface area contributed by atoms with Gasteiger partial charge in [-0.3, -0.25) is 0 Å². The minimum atomic E-state index is 0.355. The number of nitrogens with zero attached hydrogens (tertiary/aromatic N) is 1. The van der Waals surface area contributed by atoms with E-state index in [2.05, 4.69) is 29.6 Å². The molecule has 1 fully saturated rings. The van der Waals surface area contributed by atoms with Crippen molar-refractivity contribution in [3.8, 4) is 0 Å². The van der Waals surface area contributed by atoms with Crippen molar-refractivity contribution < 1.29 is 0 Å². The second-order valence-electron chi connectivity index (χ2n) is 5.13. The number of nitrogens with two attached hydrogens (primary N) is 1. The van der Waals surface area contributed by atoms with E-state index in [1.54, 1.807) is 0 Å². The number of hydrogen-bond acceptors (Lipinski definition) is 4. The molecular weight excluding hydrogens is 200 g/mol. The maximum atomic E-state index is 5.34. The van der Waals surface area contributed by atoms with Crippen LogP contribution in [0.2, 0.25) is 0 Å². The molecule has 2 rings (SSSR count). The fourth-order valence-corrected chi connectivity index (χ4v) is 2.37. The largest absolute Gasteiger partial charge is 0.367 e. The van der Waals surface area contributed by atoms with Crippen molar-refractivity contribution in [1.29, 1.82) is 0 Å². The molecule has 0 spiro atoms. The standard InChI is InChI=1S/C12H20N4/c1-12(2)8-4-5-9(12)14-10-6-3-7-11(15-10)16-13/h3,6-7,9H,4-5,8,13H2,1-2H3,(H2,14,15,16). The lowest BCUT2D eigenvalue weighted by Gasteiger charge is -2.28. The van der Waals surface area contributed by atoms with Crippen LogP contribution in [-0.4, -0.2) is 11.0 Å². The summed E-state index contributed by atoms with van der Waals surface area (Å²) in [5, 5.41) is 3.50. The molecule has 1 aliphatic rings. The number of rotatable bonds is 3. The first kappa shape index (κ1) is 11.2. The number of hydrogen-bond donors (Lipinski definition) is 3. The number of aromatic nitrogens is 1. The first-order chi connectivity index (χ1) is 7.62. The second-order valence-corrected chi connectivity index (χ2v) is 5.13. The van der Waals surface area contributed by atoms with E-state index >= 15 is 0 Å². The summed E-state index contributed by atoms with van der Waals surface area (Å²) >= 11 is 0. The molecule has 0 saturated heterocycles. The van der Waals surface area contributed by atoms with Gasteiger partial charge < -0.3 is 10.7 Å². The minimum absolute atomic E-state index is 0.355. The van der Waals surface area contributed by atoms with Crippen molar-refractivity contribution in [2.75, 3.05) is 10.7 Å². The lowest BCUT2D eigenvalue weighted by Crippen LogP contribution is -2.31. The molecule has 0 radical (unpaired) electrons. The zero-order valence-electron chi connectivity index (χ0n) is 9.96. The van der Waals surface area contributed by atoms with Crippen molar-refractivity contribution >= 4 is 11.6 Å². The monoisotopic (exact) mass is 220 g/mol. The van der Waals surface area contributed by atoms with E-state index in [0.29, 0.717) is 17.3 Å². The summed E-state index contributed by atoms with van der Waals surface area (Å²) < 4.78 is 0. The lowest BCUT2D eigenvalue weighted by atomic mass is 9.87. The van der Waals surface area contributed by atoms with Gasteiger partial charge in [0.1, 0.15) is 11.6 Å². The zero-order chi connectivity index (χ0) is 11.6. The SMILES string of the molecule is CC1(C)CCCC1Nc1cccc(NN)n1. The van der Waals surface area contributed by atoms with E-state index < -0.39 is 0 Å². The van der Waals surface area contributed by atoms with Crippen LogP contribution in [0.1, 0.15) is 33.1 Å². The second kappa shape index (κ2) is 4.29. The summed E-state index contributed by atoms with van der Waals surface area (Å²) in [7, 11) is 0. The smallest absolute Gasteiger partial charge is 0.142 e. The molecule has 0 amide bonds. The molecule has 4 nitrogen and oxygen atoms in total. The van der Waals surface area contributed by atoms with Gasteiger partial charge in [-0.05, 0) is 30.4 Å². The van der Waals surface area contributed by atoms with Gasteiger partial charge in [0.05, 0.1) is 0 Å². The third-order valence-corrected chi connectivity index (χ3v) is 3.48. The number of nitrogens with one attached hydrogen (secondary N) is 2. The van der Waals surface area contributed by atoms with Crippen LogP contribution in [0.25, 0.3) is 0 Å². The minimum Gasteiger partial charge on any atom is -0.367 e. The van der Waals surface area contributed by atoms with Crippen LogP contribution in [0, 0.1) is 5.41 Å². The molecule has 1 atom stereocenters. The highest BCUT2D eigenvalue weighted by molar-refractivity contribution is 5.45. The molecular formula is C12H20N4. The molecule has 1 heterocycles. The lowest BCUT2D eigenvalue weighted by molar-refractivity contribution is 0.349. The van der Waals surface area contributed by atoms with E-state index in [-0.39, 0.29) is 0 Å².